The van der Waals surface area contributed by atoms with Gasteiger partial charge in [-0.15, -0.1) is 0 Å². The van der Waals surface area contributed by atoms with Crippen LogP contribution in [0.5, 0.6) is 0 Å². The maximum atomic E-state index is 10.6. The van der Waals surface area contributed by atoms with Crippen LogP contribution in [0.3, 0.4) is 0 Å². The number of likely N-dealkylation sites (N-methyl/N-ethyl adjacent to an activating group) is 1. The van der Waals surface area contributed by atoms with Gasteiger partial charge in [0.2, 0.25) is 0 Å². The molecule has 0 rings (SSSR count). The molecule has 0 aromatic heterocycles. The molecule has 0 fully saturated rings. The summed E-state index contributed by atoms with van der Waals surface area (Å²) in [4.78, 5) is 10.6. The lowest BCUT2D eigenvalue weighted by Crippen LogP contribution is -2.05. The van der Waals surface area contributed by atoms with Crippen molar-refractivity contribution in [3.8, 4) is 0 Å². The molecule has 0 spiro atoms. The monoisotopic (exact) mass is 181 g/mol. The molecule has 2 N–H and O–H groups in total. The first-order valence-electron chi connectivity index (χ1n) is 4.09. The van der Waals surface area contributed by atoms with Crippen LogP contribution >= 0.6 is 0 Å². The first-order valence-corrected chi connectivity index (χ1v) is 4.09. The molecule has 0 atom stereocenters. The Hall–Kier alpha value is -1.35. The Balaban J connectivity index is 4.35. The summed E-state index contributed by atoms with van der Waals surface area (Å²) in [6.07, 6.45) is 8.40. The number of hydrogen-bond donors (Lipinski definition) is 2. The largest absolute Gasteiger partial charge is 0.478 e. The molecule has 0 aliphatic carbocycles. The Morgan fingerprint density at radius 1 is 1.54 bits per heavy atom. The highest BCUT2D eigenvalue weighted by atomic mass is 16.4. The predicted octanol–water partition coefficient (Wildman–Crippen LogP) is 1.35. The van der Waals surface area contributed by atoms with E-state index in [1.54, 1.807) is 37.4 Å². The average molecular weight is 181 g/mol. The smallest absolute Gasteiger partial charge is 0.335 e. The van der Waals surface area contributed by atoms with Gasteiger partial charge in [-0.3, -0.25) is 0 Å². The molecule has 0 radical (unpaired) electrons. The molecule has 3 heteroatoms. The molecule has 0 saturated heterocycles. The minimum Gasteiger partial charge on any atom is -0.478 e. The van der Waals surface area contributed by atoms with E-state index in [0.717, 1.165) is 0 Å². The number of carbonyl (C=O) groups is 1. The number of aliphatic carboxylic acids is 1. The Kier molecular flexibility index (Phi) is 6.55. The normalized spacial score (nSPS) is 12.9. The molecule has 0 aliphatic rings. The Bertz CT molecular complexity index is 239. The second kappa shape index (κ2) is 7.31. The van der Waals surface area contributed by atoms with E-state index in [0.29, 0.717) is 6.54 Å². The Labute approximate surface area is 78.5 Å². The highest BCUT2D eigenvalue weighted by Gasteiger charge is 1.99. The molecule has 3 nitrogen and oxygen atoms in total. The molecule has 0 unspecified atom stereocenters. The first-order chi connectivity index (χ1) is 6.22. The van der Waals surface area contributed by atoms with Gasteiger partial charge >= 0.3 is 5.97 Å². The van der Waals surface area contributed by atoms with Gasteiger partial charge in [-0.25, -0.2) is 4.79 Å². The van der Waals surface area contributed by atoms with Crippen molar-refractivity contribution in [3.05, 3.63) is 36.0 Å². The van der Waals surface area contributed by atoms with Gasteiger partial charge < -0.3 is 10.4 Å². The van der Waals surface area contributed by atoms with Crippen LogP contribution < -0.4 is 5.32 Å². The van der Waals surface area contributed by atoms with Crippen molar-refractivity contribution in [1.29, 1.82) is 0 Å². The Morgan fingerprint density at radius 2 is 2.23 bits per heavy atom. The fraction of sp³-hybridized carbons (Fsp3) is 0.300. The average Bonchev–Trinajstić information content (AvgIpc) is 2.10. The van der Waals surface area contributed by atoms with Crippen LogP contribution in [-0.2, 0) is 4.79 Å². The van der Waals surface area contributed by atoms with E-state index < -0.39 is 5.97 Å². The van der Waals surface area contributed by atoms with E-state index >= 15 is 0 Å². The summed E-state index contributed by atoms with van der Waals surface area (Å²) in [6, 6.07) is 0. The summed E-state index contributed by atoms with van der Waals surface area (Å²) in [6.45, 7) is 2.51. The van der Waals surface area contributed by atoms with Gasteiger partial charge in [0, 0.05) is 6.54 Å². The highest BCUT2D eigenvalue weighted by Crippen LogP contribution is 1.97. The molecular formula is C10H15NO2. The van der Waals surface area contributed by atoms with Crippen LogP contribution in [0.4, 0.5) is 0 Å². The van der Waals surface area contributed by atoms with E-state index in [1.807, 2.05) is 6.92 Å². The molecular weight excluding hydrogens is 166 g/mol. The second-order valence-corrected chi connectivity index (χ2v) is 2.41. The third kappa shape index (κ3) is 5.87. The van der Waals surface area contributed by atoms with Crippen molar-refractivity contribution in [2.45, 2.75) is 6.92 Å². The topological polar surface area (TPSA) is 49.3 Å². The molecule has 0 saturated carbocycles. The number of rotatable bonds is 5. The number of nitrogens with one attached hydrogen (secondary N) is 1. The number of allylic oxidation sites excluding steroid dienone is 3. The van der Waals surface area contributed by atoms with Crippen LogP contribution in [0.25, 0.3) is 0 Å². The molecule has 13 heavy (non-hydrogen) atoms. The van der Waals surface area contributed by atoms with E-state index in [4.69, 9.17) is 5.11 Å². The fourth-order valence-corrected chi connectivity index (χ4v) is 0.702. The number of carboxylic acid groups (broad SMARTS) is 1. The fourth-order valence-electron chi connectivity index (χ4n) is 0.702. The maximum absolute atomic E-state index is 10.6. The van der Waals surface area contributed by atoms with Crippen LogP contribution in [0, 0.1) is 0 Å². The van der Waals surface area contributed by atoms with Gasteiger partial charge in [-0.2, -0.15) is 0 Å². The van der Waals surface area contributed by atoms with Gasteiger partial charge in [0.1, 0.15) is 0 Å². The standard InChI is InChI=1S/C10H15NO2/c1-3-4-6-9(10(12)13)7-5-8-11-2/h3-7,11H,8H2,1-2H3,(H,12,13)/b4-3-,7-5+,9-6+. The molecule has 0 amide bonds. The van der Waals surface area contributed by atoms with E-state index in [1.165, 1.54) is 0 Å². The molecule has 0 heterocycles. The predicted molar refractivity (Wildman–Crippen MR) is 53.6 cm³/mol. The summed E-state index contributed by atoms with van der Waals surface area (Å²) < 4.78 is 0. The van der Waals surface area contributed by atoms with Crippen molar-refractivity contribution in [1.82, 2.24) is 5.32 Å². The van der Waals surface area contributed by atoms with Gasteiger partial charge in [0.15, 0.2) is 0 Å². The Morgan fingerprint density at radius 3 is 2.69 bits per heavy atom. The summed E-state index contributed by atoms with van der Waals surface area (Å²) in [7, 11) is 1.81. The minimum absolute atomic E-state index is 0.286. The SMILES string of the molecule is C\C=C/C=C(\C=C\CNC)C(=O)O. The third-order valence-electron chi connectivity index (χ3n) is 1.33. The van der Waals surface area contributed by atoms with Crippen LogP contribution in [0.1, 0.15) is 6.92 Å². The molecule has 0 aromatic carbocycles. The van der Waals surface area contributed by atoms with E-state index in [-0.39, 0.29) is 5.57 Å². The van der Waals surface area contributed by atoms with Gasteiger partial charge in [-0.1, -0.05) is 24.3 Å². The summed E-state index contributed by atoms with van der Waals surface area (Å²) in [5.74, 6) is -0.912. The summed E-state index contributed by atoms with van der Waals surface area (Å²) >= 11 is 0. The second-order valence-electron chi connectivity index (χ2n) is 2.41. The third-order valence-corrected chi connectivity index (χ3v) is 1.33. The van der Waals surface area contributed by atoms with Crippen molar-refractivity contribution >= 4 is 5.97 Å². The van der Waals surface area contributed by atoms with Gasteiger partial charge in [0.25, 0.3) is 0 Å². The molecule has 0 bridgehead atoms. The van der Waals surface area contributed by atoms with Crippen LogP contribution in [0.15, 0.2) is 36.0 Å². The summed E-state index contributed by atoms with van der Waals surface area (Å²) in [5.41, 5.74) is 0.286. The quantitative estimate of drug-likeness (QED) is 0.497. The zero-order chi connectivity index (χ0) is 10.1. The molecule has 0 aliphatic heterocycles. The van der Waals surface area contributed by atoms with Crippen molar-refractivity contribution in [2.24, 2.45) is 0 Å². The van der Waals surface area contributed by atoms with Crippen molar-refractivity contribution in [2.75, 3.05) is 13.6 Å². The van der Waals surface area contributed by atoms with Crippen LogP contribution in [0.2, 0.25) is 0 Å². The van der Waals surface area contributed by atoms with Crippen LogP contribution in [-0.4, -0.2) is 24.7 Å². The maximum Gasteiger partial charge on any atom is 0.335 e. The minimum atomic E-state index is -0.912. The first kappa shape index (κ1) is 11.6. The molecule has 0 aromatic rings. The number of carboxylic acids is 1. The van der Waals surface area contributed by atoms with Gasteiger partial charge in [-0.05, 0) is 20.0 Å². The lowest BCUT2D eigenvalue weighted by molar-refractivity contribution is -0.132. The van der Waals surface area contributed by atoms with E-state index in [2.05, 4.69) is 5.32 Å². The zero-order valence-electron chi connectivity index (χ0n) is 7.95. The zero-order valence-corrected chi connectivity index (χ0v) is 7.95. The van der Waals surface area contributed by atoms with Gasteiger partial charge in [0.05, 0.1) is 5.57 Å². The lowest BCUT2D eigenvalue weighted by atomic mass is 10.2. The summed E-state index contributed by atoms with van der Waals surface area (Å²) in [5, 5.41) is 11.6. The molecule has 72 valence electrons. The number of hydrogen-bond acceptors (Lipinski definition) is 2. The van der Waals surface area contributed by atoms with E-state index in [9.17, 15) is 4.79 Å². The van der Waals surface area contributed by atoms with Crippen molar-refractivity contribution < 1.29 is 9.90 Å². The highest BCUT2D eigenvalue weighted by molar-refractivity contribution is 5.90. The van der Waals surface area contributed by atoms with Crippen molar-refractivity contribution in [3.63, 3.8) is 0 Å². The lowest BCUT2D eigenvalue weighted by Gasteiger charge is -1.92.